The predicted octanol–water partition coefficient (Wildman–Crippen LogP) is 0.0955. The molecule has 0 bridgehead atoms. The molecule has 1 heterocycles. The minimum Gasteiger partial charge on any atom is -0.466 e. The highest BCUT2D eigenvalue weighted by Crippen LogP contribution is 2.20. The van der Waals surface area contributed by atoms with Crippen LogP contribution in [-0.4, -0.2) is 58.0 Å². The van der Waals surface area contributed by atoms with Gasteiger partial charge in [0.2, 0.25) is 0 Å². The van der Waals surface area contributed by atoms with E-state index in [9.17, 15) is 13.2 Å². The van der Waals surface area contributed by atoms with Crippen LogP contribution < -0.4 is 10.0 Å². The van der Waals surface area contributed by atoms with Gasteiger partial charge in [0.25, 0.3) is 10.2 Å². The van der Waals surface area contributed by atoms with Gasteiger partial charge in [0.15, 0.2) is 0 Å². The zero-order valence-corrected chi connectivity index (χ0v) is 13.7. The Morgan fingerprint density at radius 2 is 1.90 bits per heavy atom. The highest BCUT2D eigenvalue weighted by Gasteiger charge is 2.31. The smallest absolute Gasteiger partial charge is 0.309 e. The Labute approximate surface area is 127 Å². The number of hydrogen-bond donors (Lipinski definition) is 2. The van der Waals surface area contributed by atoms with Crippen molar-refractivity contribution in [2.24, 2.45) is 5.92 Å². The lowest BCUT2D eigenvalue weighted by Crippen LogP contribution is -2.46. The lowest BCUT2D eigenvalue weighted by Gasteiger charge is -2.30. The molecule has 0 aliphatic carbocycles. The van der Waals surface area contributed by atoms with Crippen LogP contribution in [0.25, 0.3) is 0 Å². The van der Waals surface area contributed by atoms with E-state index in [0.29, 0.717) is 39.1 Å². The van der Waals surface area contributed by atoms with Gasteiger partial charge in [-0.3, -0.25) is 4.79 Å². The van der Waals surface area contributed by atoms with Crippen LogP contribution in [0.2, 0.25) is 0 Å². The molecule has 0 aromatic rings. The Bertz CT molecular complexity index is 406. The van der Waals surface area contributed by atoms with Crippen LogP contribution in [-0.2, 0) is 19.7 Å². The summed E-state index contributed by atoms with van der Waals surface area (Å²) in [5, 5.41) is 3.14. The Morgan fingerprint density at radius 3 is 2.48 bits per heavy atom. The van der Waals surface area contributed by atoms with Gasteiger partial charge >= 0.3 is 5.97 Å². The van der Waals surface area contributed by atoms with Crippen molar-refractivity contribution >= 4 is 16.2 Å². The third-order valence-corrected chi connectivity index (χ3v) is 5.09. The van der Waals surface area contributed by atoms with Crippen LogP contribution in [0.1, 0.15) is 33.1 Å². The van der Waals surface area contributed by atoms with Gasteiger partial charge in [-0.05, 0) is 39.3 Å². The number of carbonyl (C=O) groups excluding carboxylic acids is 1. The lowest BCUT2D eigenvalue weighted by molar-refractivity contribution is -0.149. The van der Waals surface area contributed by atoms with Gasteiger partial charge in [0.05, 0.1) is 12.5 Å². The zero-order chi connectivity index (χ0) is 15.7. The van der Waals surface area contributed by atoms with E-state index in [-0.39, 0.29) is 11.9 Å². The van der Waals surface area contributed by atoms with Crippen molar-refractivity contribution in [2.45, 2.75) is 33.1 Å². The molecule has 0 aromatic carbocycles. The number of piperidine rings is 1. The molecule has 0 unspecified atom stereocenters. The molecule has 0 spiro atoms. The van der Waals surface area contributed by atoms with E-state index >= 15 is 0 Å². The van der Waals surface area contributed by atoms with Gasteiger partial charge in [-0.1, -0.05) is 6.92 Å². The SMILES string of the molecule is CCNCCCNS(=O)(=O)N1CCC(C(=O)OCC)CC1. The Balaban J connectivity index is 2.33. The molecule has 1 aliphatic heterocycles. The van der Waals surface area contributed by atoms with Crippen LogP contribution >= 0.6 is 0 Å². The molecule has 0 radical (unpaired) electrons. The van der Waals surface area contributed by atoms with Gasteiger partial charge in [-0.25, -0.2) is 4.72 Å². The summed E-state index contributed by atoms with van der Waals surface area (Å²) in [5.74, 6) is -0.390. The number of ether oxygens (including phenoxy) is 1. The summed E-state index contributed by atoms with van der Waals surface area (Å²) < 4.78 is 33.2. The van der Waals surface area contributed by atoms with Crippen LogP contribution in [0.5, 0.6) is 0 Å². The minimum absolute atomic E-state index is 0.176. The largest absolute Gasteiger partial charge is 0.466 e. The molecule has 1 aliphatic rings. The molecule has 1 saturated heterocycles. The summed E-state index contributed by atoms with van der Waals surface area (Å²) >= 11 is 0. The van der Waals surface area contributed by atoms with E-state index in [1.807, 2.05) is 6.92 Å². The Kier molecular flexibility index (Phi) is 8.16. The maximum Gasteiger partial charge on any atom is 0.309 e. The number of rotatable bonds is 9. The summed E-state index contributed by atoms with van der Waals surface area (Å²) in [6.45, 7) is 6.99. The predicted molar refractivity (Wildman–Crippen MR) is 81.0 cm³/mol. The summed E-state index contributed by atoms with van der Waals surface area (Å²) in [6, 6.07) is 0. The van der Waals surface area contributed by atoms with E-state index in [4.69, 9.17) is 4.74 Å². The number of hydrogen-bond acceptors (Lipinski definition) is 5. The van der Waals surface area contributed by atoms with Crippen LogP contribution in [0.3, 0.4) is 0 Å². The van der Waals surface area contributed by atoms with Gasteiger partial charge in [-0.15, -0.1) is 0 Å². The molecule has 8 heteroatoms. The first kappa shape index (κ1) is 18.3. The molecule has 0 amide bonds. The van der Waals surface area contributed by atoms with Crippen LogP contribution in [0.15, 0.2) is 0 Å². The van der Waals surface area contributed by atoms with Crippen LogP contribution in [0.4, 0.5) is 0 Å². The van der Waals surface area contributed by atoms with Crippen LogP contribution in [0, 0.1) is 5.92 Å². The fraction of sp³-hybridized carbons (Fsp3) is 0.923. The van der Waals surface area contributed by atoms with Crippen molar-refractivity contribution in [1.82, 2.24) is 14.3 Å². The Morgan fingerprint density at radius 1 is 1.24 bits per heavy atom. The van der Waals surface area contributed by atoms with Gasteiger partial charge < -0.3 is 10.1 Å². The van der Waals surface area contributed by atoms with E-state index in [2.05, 4.69) is 10.0 Å². The van der Waals surface area contributed by atoms with Crippen molar-refractivity contribution in [3.8, 4) is 0 Å². The van der Waals surface area contributed by atoms with Crippen molar-refractivity contribution in [1.29, 1.82) is 0 Å². The first-order valence-electron chi connectivity index (χ1n) is 7.63. The van der Waals surface area contributed by atoms with E-state index < -0.39 is 10.2 Å². The summed E-state index contributed by atoms with van der Waals surface area (Å²) in [6.07, 6.45) is 1.81. The molecule has 124 valence electrons. The first-order valence-corrected chi connectivity index (χ1v) is 9.07. The molecule has 2 N–H and O–H groups in total. The highest BCUT2D eigenvalue weighted by molar-refractivity contribution is 7.87. The summed E-state index contributed by atoms with van der Waals surface area (Å²) in [4.78, 5) is 11.6. The second kappa shape index (κ2) is 9.34. The van der Waals surface area contributed by atoms with Crippen molar-refractivity contribution in [3.05, 3.63) is 0 Å². The fourth-order valence-electron chi connectivity index (χ4n) is 2.27. The average molecular weight is 321 g/mol. The summed E-state index contributed by atoms with van der Waals surface area (Å²) in [7, 11) is -3.43. The average Bonchev–Trinajstić information content (AvgIpc) is 2.47. The Hall–Kier alpha value is -0.700. The van der Waals surface area contributed by atoms with Gasteiger partial charge in [0.1, 0.15) is 0 Å². The molecular weight excluding hydrogens is 294 g/mol. The lowest BCUT2D eigenvalue weighted by atomic mass is 9.98. The van der Waals surface area contributed by atoms with Crippen molar-refractivity contribution in [2.75, 3.05) is 39.3 Å². The van der Waals surface area contributed by atoms with Gasteiger partial charge in [0, 0.05) is 19.6 Å². The molecular formula is C13H27N3O4S. The number of nitrogens with one attached hydrogen (secondary N) is 2. The molecule has 1 fully saturated rings. The third-order valence-electron chi connectivity index (χ3n) is 3.48. The molecule has 0 saturated carbocycles. The van der Waals surface area contributed by atoms with Crippen molar-refractivity contribution in [3.63, 3.8) is 0 Å². The topological polar surface area (TPSA) is 87.7 Å². The number of esters is 1. The standard InChI is InChI=1S/C13H27N3O4S/c1-3-14-8-5-9-15-21(18,19)16-10-6-12(7-11-16)13(17)20-4-2/h12,14-15H,3-11H2,1-2H3. The first-order chi connectivity index (χ1) is 10.0. The number of nitrogens with zero attached hydrogens (tertiary/aromatic N) is 1. The van der Waals surface area contributed by atoms with E-state index in [0.717, 1.165) is 19.5 Å². The quantitative estimate of drug-likeness (QED) is 0.464. The second-order valence-electron chi connectivity index (χ2n) is 5.03. The van der Waals surface area contributed by atoms with E-state index in [1.165, 1.54) is 4.31 Å². The highest BCUT2D eigenvalue weighted by atomic mass is 32.2. The second-order valence-corrected chi connectivity index (χ2v) is 6.79. The molecule has 0 aromatic heterocycles. The molecule has 7 nitrogen and oxygen atoms in total. The third kappa shape index (κ3) is 6.29. The van der Waals surface area contributed by atoms with E-state index in [1.54, 1.807) is 6.92 Å². The zero-order valence-electron chi connectivity index (χ0n) is 12.9. The maximum absolute atomic E-state index is 12.1. The maximum atomic E-state index is 12.1. The summed E-state index contributed by atoms with van der Waals surface area (Å²) in [5.41, 5.74) is 0. The number of carbonyl (C=O) groups is 1. The monoisotopic (exact) mass is 321 g/mol. The molecule has 1 rings (SSSR count). The normalized spacial score (nSPS) is 17.8. The minimum atomic E-state index is -3.43. The molecule has 21 heavy (non-hydrogen) atoms. The van der Waals surface area contributed by atoms with Gasteiger partial charge in [-0.2, -0.15) is 12.7 Å². The fourth-order valence-corrected chi connectivity index (χ4v) is 3.55. The molecule has 0 atom stereocenters. The van der Waals surface area contributed by atoms with Crippen molar-refractivity contribution < 1.29 is 17.9 Å².